The van der Waals surface area contributed by atoms with Crippen LogP contribution in [0.5, 0.6) is 0 Å². The van der Waals surface area contributed by atoms with Crippen molar-refractivity contribution in [3.63, 3.8) is 0 Å². The molecule has 0 spiro atoms. The molecule has 116 valence electrons. The van der Waals surface area contributed by atoms with E-state index in [0.717, 1.165) is 24.2 Å². The number of aliphatic hydroxyl groups is 1. The standard InChI is InChI=1S/C15H23N3O3/c1-10-6-13(17-16-10)7-12-8-18(9-14(12)19)15(20)11-2-4-21-5-3-11/h6,11-12,14,19H,2-5,7-9H2,1H3,(H,16,17)/t12-,14-/m1/s1. The zero-order valence-electron chi connectivity index (χ0n) is 12.4. The summed E-state index contributed by atoms with van der Waals surface area (Å²) in [5.74, 6) is 0.326. The Morgan fingerprint density at radius 2 is 2.24 bits per heavy atom. The van der Waals surface area contributed by atoms with E-state index in [9.17, 15) is 9.90 Å². The van der Waals surface area contributed by atoms with E-state index in [1.165, 1.54) is 0 Å². The number of likely N-dealkylation sites (tertiary alicyclic amines) is 1. The number of amides is 1. The summed E-state index contributed by atoms with van der Waals surface area (Å²) in [7, 11) is 0. The number of nitrogens with one attached hydrogen (secondary N) is 1. The number of carbonyl (C=O) groups is 1. The first-order chi connectivity index (χ1) is 10.1. The second-order valence-electron chi connectivity index (χ2n) is 6.20. The first-order valence-electron chi connectivity index (χ1n) is 7.69. The summed E-state index contributed by atoms with van der Waals surface area (Å²) >= 11 is 0. The zero-order valence-corrected chi connectivity index (χ0v) is 12.4. The van der Waals surface area contributed by atoms with Crippen molar-refractivity contribution in [1.82, 2.24) is 15.1 Å². The van der Waals surface area contributed by atoms with Crippen molar-refractivity contribution in [2.45, 2.75) is 32.3 Å². The molecule has 2 saturated heterocycles. The molecule has 2 fully saturated rings. The monoisotopic (exact) mass is 293 g/mol. The highest BCUT2D eigenvalue weighted by atomic mass is 16.5. The molecule has 0 saturated carbocycles. The molecule has 1 amide bonds. The summed E-state index contributed by atoms with van der Waals surface area (Å²) in [5, 5.41) is 17.4. The zero-order chi connectivity index (χ0) is 14.8. The van der Waals surface area contributed by atoms with Gasteiger partial charge in [-0.05, 0) is 32.3 Å². The van der Waals surface area contributed by atoms with Crippen LogP contribution in [0.25, 0.3) is 0 Å². The van der Waals surface area contributed by atoms with Gasteiger partial charge in [-0.1, -0.05) is 0 Å². The third-order valence-electron chi connectivity index (χ3n) is 4.52. The van der Waals surface area contributed by atoms with Crippen LogP contribution in [0.4, 0.5) is 0 Å². The number of aromatic nitrogens is 2. The van der Waals surface area contributed by atoms with Gasteiger partial charge in [0, 0.05) is 43.8 Å². The lowest BCUT2D eigenvalue weighted by Crippen LogP contribution is -2.37. The molecule has 2 aliphatic heterocycles. The normalized spacial score (nSPS) is 27.2. The third-order valence-corrected chi connectivity index (χ3v) is 4.52. The molecule has 1 aromatic rings. The molecule has 0 radical (unpaired) electrons. The van der Waals surface area contributed by atoms with E-state index in [1.807, 2.05) is 17.9 Å². The highest BCUT2D eigenvalue weighted by Gasteiger charge is 2.37. The average molecular weight is 293 g/mol. The molecule has 2 N–H and O–H groups in total. The van der Waals surface area contributed by atoms with Crippen molar-refractivity contribution in [1.29, 1.82) is 0 Å². The number of carbonyl (C=O) groups excluding carboxylic acids is 1. The Balaban J connectivity index is 1.58. The Kier molecular flexibility index (Phi) is 4.26. The molecular weight excluding hydrogens is 270 g/mol. The minimum Gasteiger partial charge on any atom is -0.391 e. The molecule has 0 aliphatic carbocycles. The van der Waals surface area contributed by atoms with Gasteiger partial charge in [0.2, 0.25) is 5.91 Å². The summed E-state index contributed by atoms with van der Waals surface area (Å²) in [6.45, 7) is 4.38. The lowest BCUT2D eigenvalue weighted by Gasteiger charge is -2.26. The van der Waals surface area contributed by atoms with Crippen LogP contribution in [-0.2, 0) is 16.0 Å². The molecule has 0 aromatic carbocycles. The summed E-state index contributed by atoms with van der Waals surface area (Å²) in [5.41, 5.74) is 1.98. The number of nitrogens with zero attached hydrogens (tertiary/aromatic N) is 2. The molecule has 6 heteroatoms. The lowest BCUT2D eigenvalue weighted by atomic mass is 9.98. The van der Waals surface area contributed by atoms with Gasteiger partial charge < -0.3 is 14.7 Å². The largest absolute Gasteiger partial charge is 0.391 e. The average Bonchev–Trinajstić information content (AvgIpc) is 3.06. The molecule has 0 unspecified atom stereocenters. The summed E-state index contributed by atoms with van der Waals surface area (Å²) in [6.07, 6.45) is 1.86. The Bertz CT molecular complexity index is 496. The second-order valence-corrected chi connectivity index (χ2v) is 6.20. The first kappa shape index (κ1) is 14.5. The number of H-pyrrole nitrogens is 1. The smallest absolute Gasteiger partial charge is 0.225 e. The Morgan fingerprint density at radius 3 is 2.90 bits per heavy atom. The van der Waals surface area contributed by atoms with Crippen LogP contribution >= 0.6 is 0 Å². The molecule has 21 heavy (non-hydrogen) atoms. The van der Waals surface area contributed by atoms with Crippen LogP contribution in [-0.4, -0.2) is 58.5 Å². The number of hydrogen-bond donors (Lipinski definition) is 2. The molecule has 2 atom stereocenters. The van der Waals surface area contributed by atoms with Crippen molar-refractivity contribution >= 4 is 5.91 Å². The molecule has 6 nitrogen and oxygen atoms in total. The van der Waals surface area contributed by atoms with Crippen molar-refractivity contribution in [2.75, 3.05) is 26.3 Å². The van der Waals surface area contributed by atoms with Crippen LogP contribution in [0.2, 0.25) is 0 Å². The van der Waals surface area contributed by atoms with Gasteiger partial charge in [-0.3, -0.25) is 9.89 Å². The van der Waals surface area contributed by atoms with Gasteiger partial charge in [0.15, 0.2) is 0 Å². The van der Waals surface area contributed by atoms with Crippen LogP contribution in [0.3, 0.4) is 0 Å². The van der Waals surface area contributed by atoms with E-state index in [1.54, 1.807) is 0 Å². The Labute approximate surface area is 124 Å². The summed E-state index contributed by atoms with van der Waals surface area (Å²) in [4.78, 5) is 14.3. The fourth-order valence-corrected chi connectivity index (χ4v) is 3.29. The highest BCUT2D eigenvalue weighted by molar-refractivity contribution is 5.79. The summed E-state index contributed by atoms with van der Waals surface area (Å²) < 4.78 is 5.30. The lowest BCUT2D eigenvalue weighted by molar-refractivity contribution is -0.137. The predicted molar refractivity (Wildman–Crippen MR) is 76.6 cm³/mol. The van der Waals surface area contributed by atoms with Gasteiger partial charge in [-0.25, -0.2) is 0 Å². The van der Waals surface area contributed by atoms with Crippen LogP contribution in [0.1, 0.15) is 24.2 Å². The fourth-order valence-electron chi connectivity index (χ4n) is 3.29. The molecule has 2 aliphatic rings. The maximum absolute atomic E-state index is 12.5. The molecule has 1 aromatic heterocycles. The van der Waals surface area contributed by atoms with Gasteiger partial charge >= 0.3 is 0 Å². The van der Waals surface area contributed by atoms with Gasteiger partial charge in [0.1, 0.15) is 0 Å². The number of hydrogen-bond acceptors (Lipinski definition) is 4. The third kappa shape index (κ3) is 3.27. The minimum absolute atomic E-state index is 0.0670. The van der Waals surface area contributed by atoms with Crippen molar-refractivity contribution in [3.8, 4) is 0 Å². The topological polar surface area (TPSA) is 78.5 Å². The maximum atomic E-state index is 12.5. The number of β-amino-alcohol motifs (C(OH)–C–C–N with tert-alkyl or cyclic N) is 1. The van der Waals surface area contributed by atoms with Crippen molar-refractivity contribution in [3.05, 3.63) is 17.5 Å². The van der Waals surface area contributed by atoms with E-state index in [4.69, 9.17) is 4.74 Å². The van der Waals surface area contributed by atoms with Crippen molar-refractivity contribution < 1.29 is 14.6 Å². The van der Waals surface area contributed by atoms with E-state index in [2.05, 4.69) is 10.2 Å². The fraction of sp³-hybridized carbons (Fsp3) is 0.733. The van der Waals surface area contributed by atoms with E-state index in [-0.39, 0.29) is 17.7 Å². The molecule has 0 bridgehead atoms. The van der Waals surface area contributed by atoms with Gasteiger partial charge in [-0.15, -0.1) is 0 Å². The van der Waals surface area contributed by atoms with E-state index < -0.39 is 6.10 Å². The highest BCUT2D eigenvalue weighted by Crippen LogP contribution is 2.25. The number of aryl methyl sites for hydroxylation is 1. The second kappa shape index (κ2) is 6.15. The van der Waals surface area contributed by atoms with Gasteiger partial charge in [0.25, 0.3) is 0 Å². The predicted octanol–water partition coefficient (Wildman–Crippen LogP) is 0.507. The van der Waals surface area contributed by atoms with E-state index >= 15 is 0 Å². The number of ether oxygens (including phenoxy) is 1. The van der Waals surface area contributed by atoms with Crippen molar-refractivity contribution in [2.24, 2.45) is 11.8 Å². The van der Waals surface area contributed by atoms with Crippen LogP contribution in [0.15, 0.2) is 6.07 Å². The number of rotatable bonds is 3. The Morgan fingerprint density at radius 1 is 1.48 bits per heavy atom. The SMILES string of the molecule is Cc1cc(C[C@@H]2CN(C(=O)C3CCOCC3)C[C@H]2O)n[nH]1. The summed E-state index contributed by atoms with van der Waals surface area (Å²) in [6, 6.07) is 2.00. The van der Waals surface area contributed by atoms with Crippen LogP contribution in [0, 0.1) is 18.8 Å². The molecular formula is C15H23N3O3. The Hall–Kier alpha value is -1.40. The van der Waals surface area contributed by atoms with Gasteiger partial charge in [-0.2, -0.15) is 5.10 Å². The first-order valence-corrected chi connectivity index (χ1v) is 7.69. The molecule has 3 rings (SSSR count). The number of aromatic amines is 1. The number of aliphatic hydroxyl groups excluding tert-OH is 1. The van der Waals surface area contributed by atoms with Gasteiger partial charge in [0.05, 0.1) is 11.8 Å². The minimum atomic E-state index is -0.453. The van der Waals surface area contributed by atoms with E-state index in [0.29, 0.717) is 32.7 Å². The van der Waals surface area contributed by atoms with Crippen LogP contribution < -0.4 is 0 Å². The molecule has 3 heterocycles. The maximum Gasteiger partial charge on any atom is 0.225 e. The quantitative estimate of drug-likeness (QED) is 0.851.